The van der Waals surface area contributed by atoms with E-state index >= 15 is 0 Å². The van der Waals surface area contributed by atoms with Crippen molar-refractivity contribution in [3.63, 3.8) is 0 Å². The predicted octanol–water partition coefficient (Wildman–Crippen LogP) is 0.439. The van der Waals surface area contributed by atoms with Gasteiger partial charge in [0.15, 0.2) is 0 Å². The first-order valence-electron chi connectivity index (χ1n) is 5.35. The number of nitrogens with one attached hydrogen (secondary N) is 1. The number of esters is 1. The quantitative estimate of drug-likeness (QED) is 0.716. The van der Waals surface area contributed by atoms with E-state index in [4.69, 9.17) is 4.74 Å². The fourth-order valence-electron chi connectivity index (χ4n) is 1.53. The van der Waals surface area contributed by atoms with Gasteiger partial charge in [-0.25, -0.2) is 0 Å². The van der Waals surface area contributed by atoms with Crippen LogP contribution in [0.5, 0.6) is 0 Å². The van der Waals surface area contributed by atoms with Gasteiger partial charge in [0, 0.05) is 28.3 Å². The van der Waals surface area contributed by atoms with Gasteiger partial charge in [0.05, 0.1) is 12.6 Å². The zero-order valence-electron chi connectivity index (χ0n) is 9.32. The molecular formula is C10H19NO3S. The molecule has 0 spiro atoms. The molecule has 0 aromatic rings. The molecule has 0 aromatic carbocycles. The molecular weight excluding hydrogens is 214 g/mol. The van der Waals surface area contributed by atoms with Crippen molar-refractivity contribution in [3.05, 3.63) is 0 Å². The zero-order chi connectivity index (χ0) is 11.3. The molecule has 5 heteroatoms. The van der Waals surface area contributed by atoms with E-state index in [-0.39, 0.29) is 18.6 Å². The van der Waals surface area contributed by atoms with Crippen molar-refractivity contribution >= 4 is 16.8 Å². The van der Waals surface area contributed by atoms with Gasteiger partial charge in [-0.3, -0.25) is 9.00 Å². The molecule has 88 valence electrons. The topological polar surface area (TPSA) is 55.4 Å². The number of rotatable bonds is 4. The molecule has 0 bridgehead atoms. The van der Waals surface area contributed by atoms with Crippen LogP contribution in [0.15, 0.2) is 0 Å². The van der Waals surface area contributed by atoms with E-state index in [0.717, 1.165) is 24.3 Å². The van der Waals surface area contributed by atoms with Gasteiger partial charge in [0.2, 0.25) is 0 Å². The molecule has 1 saturated heterocycles. The summed E-state index contributed by atoms with van der Waals surface area (Å²) < 4.78 is 16.1. The van der Waals surface area contributed by atoms with E-state index in [1.807, 2.05) is 13.8 Å². The van der Waals surface area contributed by atoms with E-state index in [0.29, 0.717) is 6.04 Å². The summed E-state index contributed by atoms with van der Waals surface area (Å²) in [4.78, 5) is 11.2. The highest BCUT2D eigenvalue weighted by Gasteiger charge is 2.18. The minimum atomic E-state index is -0.640. The van der Waals surface area contributed by atoms with Gasteiger partial charge in [-0.15, -0.1) is 0 Å². The van der Waals surface area contributed by atoms with Crippen molar-refractivity contribution in [2.75, 3.05) is 18.1 Å². The molecule has 4 nitrogen and oxygen atoms in total. The lowest BCUT2D eigenvalue weighted by atomic mass is 10.1. The Balaban J connectivity index is 2.14. The third kappa shape index (κ3) is 5.28. The Morgan fingerprint density at radius 1 is 1.47 bits per heavy atom. The van der Waals surface area contributed by atoms with Gasteiger partial charge >= 0.3 is 5.97 Å². The Hall–Kier alpha value is -0.420. The van der Waals surface area contributed by atoms with Crippen LogP contribution in [0, 0.1) is 0 Å². The van der Waals surface area contributed by atoms with Crippen LogP contribution in [0.1, 0.15) is 26.7 Å². The molecule has 0 atom stereocenters. The number of ether oxygens (including phenoxy) is 1. The Bertz CT molecular complexity index is 233. The third-order valence-electron chi connectivity index (χ3n) is 2.29. The number of hydrogen-bond acceptors (Lipinski definition) is 4. The molecule has 1 aliphatic heterocycles. The maximum absolute atomic E-state index is 11.2. The van der Waals surface area contributed by atoms with Crippen molar-refractivity contribution < 1.29 is 13.7 Å². The second kappa shape index (κ2) is 6.23. The van der Waals surface area contributed by atoms with Gasteiger partial charge in [-0.2, -0.15) is 0 Å². The second-order valence-electron chi connectivity index (χ2n) is 4.04. The normalized spacial score (nSPS) is 26.6. The van der Waals surface area contributed by atoms with Gasteiger partial charge in [0.1, 0.15) is 0 Å². The highest BCUT2D eigenvalue weighted by Crippen LogP contribution is 2.08. The van der Waals surface area contributed by atoms with Crippen LogP contribution in [-0.2, 0) is 20.3 Å². The fourth-order valence-corrected chi connectivity index (χ4v) is 2.83. The summed E-state index contributed by atoms with van der Waals surface area (Å²) in [5.74, 6) is 1.28. The number of carbonyl (C=O) groups is 1. The molecule has 0 unspecified atom stereocenters. The lowest BCUT2D eigenvalue weighted by Crippen LogP contribution is -2.39. The molecule has 0 radical (unpaired) electrons. The van der Waals surface area contributed by atoms with Crippen LogP contribution in [0.3, 0.4) is 0 Å². The van der Waals surface area contributed by atoms with Crippen molar-refractivity contribution in [3.8, 4) is 0 Å². The smallest absolute Gasteiger partial charge is 0.320 e. The van der Waals surface area contributed by atoms with Crippen molar-refractivity contribution in [1.29, 1.82) is 0 Å². The highest BCUT2D eigenvalue weighted by atomic mass is 32.2. The Morgan fingerprint density at radius 2 is 2.07 bits per heavy atom. The van der Waals surface area contributed by atoms with Crippen LogP contribution in [0.25, 0.3) is 0 Å². The average Bonchev–Trinajstić information content (AvgIpc) is 2.16. The molecule has 1 rings (SSSR count). The lowest BCUT2D eigenvalue weighted by molar-refractivity contribution is -0.146. The SMILES string of the molecule is CC(C)OC(=O)CNC1CCS(=O)CC1. The summed E-state index contributed by atoms with van der Waals surface area (Å²) in [6.07, 6.45) is 1.72. The second-order valence-corrected chi connectivity index (χ2v) is 5.74. The van der Waals surface area contributed by atoms with E-state index in [1.54, 1.807) is 0 Å². The molecule has 15 heavy (non-hydrogen) atoms. The Kier molecular flexibility index (Phi) is 5.25. The summed E-state index contributed by atoms with van der Waals surface area (Å²) >= 11 is 0. The maximum Gasteiger partial charge on any atom is 0.320 e. The van der Waals surface area contributed by atoms with Gasteiger partial charge < -0.3 is 10.1 Å². The lowest BCUT2D eigenvalue weighted by Gasteiger charge is -2.22. The first-order valence-corrected chi connectivity index (χ1v) is 6.84. The largest absolute Gasteiger partial charge is 0.462 e. The van der Waals surface area contributed by atoms with Crippen LogP contribution in [0.2, 0.25) is 0 Å². The van der Waals surface area contributed by atoms with Gasteiger partial charge in [-0.05, 0) is 26.7 Å². The van der Waals surface area contributed by atoms with E-state index in [9.17, 15) is 9.00 Å². The van der Waals surface area contributed by atoms with Crippen molar-refractivity contribution in [1.82, 2.24) is 5.32 Å². The molecule has 0 amide bonds. The minimum absolute atomic E-state index is 0.0573. The first-order chi connectivity index (χ1) is 7.08. The summed E-state index contributed by atoms with van der Waals surface area (Å²) in [5, 5.41) is 3.14. The van der Waals surface area contributed by atoms with E-state index in [2.05, 4.69) is 5.32 Å². The van der Waals surface area contributed by atoms with Gasteiger partial charge in [0.25, 0.3) is 0 Å². The van der Waals surface area contributed by atoms with Crippen LogP contribution >= 0.6 is 0 Å². The zero-order valence-corrected chi connectivity index (χ0v) is 10.1. The average molecular weight is 233 g/mol. The summed E-state index contributed by atoms with van der Waals surface area (Å²) in [6.45, 7) is 3.93. The number of hydrogen-bond donors (Lipinski definition) is 1. The summed E-state index contributed by atoms with van der Waals surface area (Å²) in [5.41, 5.74) is 0. The van der Waals surface area contributed by atoms with E-state index < -0.39 is 10.8 Å². The molecule has 1 fully saturated rings. The molecule has 0 saturated carbocycles. The molecule has 0 aliphatic carbocycles. The predicted molar refractivity (Wildman–Crippen MR) is 60.1 cm³/mol. The highest BCUT2D eigenvalue weighted by molar-refractivity contribution is 7.85. The monoisotopic (exact) mass is 233 g/mol. The molecule has 1 aliphatic rings. The van der Waals surface area contributed by atoms with Gasteiger partial charge in [-0.1, -0.05) is 0 Å². The molecule has 0 aromatic heterocycles. The standard InChI is InChI=1S/C10H19NO3S/c1-8(2)14-10(12)7-11-9-3-5-15(13)6-4-9/h8-9,11H,3-7H2,1-2H3. The minimum Gasteiger partial charge on any atom is -0.462 e. The molecule has 1 N–H and O–H groups in total. The third-order valence-corrected chi connectivity index (χ3v) is 3.67. The Labute approximate surface area is 93.2 Å². The maximum atomic E-state index is 11.2. The summed E-state index contributed by atoms with van der Waals surface area (Å²) in [6, 6.07) is 0.322. The van der Waals surface area contributed by atoms with Crippen molar-refractivity contribution in [2.45, 2.75) is 38.8 Å². The van der Waals surface area contributed by atoms with Crippen LogP contribution in [0.4, 0.5) is 0 Å². The van der Waals surface area contributed by atoms with Crippen LogP contribution in [-0.4, -0.2) is 40.4 Å². The first kappa shape index (κ1) is 12.6. The fraction of sp³-hybridized carbons (Fsp3) is 0.900. The van der Waals surface area contributed by atoms with E-state index in [1.165, 1.54) is 0 Å². The summed E-state index contributed by atoms with van der Waals surface area (Å²) in [7, 11) is -0.640. The van der Waals surface area contributed by atoms with Crippen LogP contribution < -0.4 is 5.32 Å². The number of carbonyl (C=O) groups excluding carboxylic acids is 1. The molecule has 1 heterocycles. The Morgan fingerprint density at radius 3 is 2.60 bits per heavy atom. The van der Waals surface area contributed by atoms with Crippen molar-refractivity contribution in [2.24, 2.45) is 0 Å².